The Hall–Kier alpha value is 0.734. The second-order valence-electron chi connectivity index (χ2n) is 4.03. The van der Waals surface area contributed by atoms with Gasteiger partial charge in [0.05, 0.1) is 0 Å². The standard InChI is InChI=1S/C9H13.C4H8O.2ClH.Ti/c1-2-3-6-9-7-4-5-8-9;1-2-4-5-3-1;;;/h4,7H,2-3,5-6H2,1H3;1-4H2;2*1H;/q;;;;+2/p-2. The van der Waals surface area contributed by atoms with Crippen LogP contribution in [0.4, 0.5) is 0 Å². The Bertz CT molecular complexity index is 228. The summed E-state index contributed by atoms with van der Waals surface area (Å²) in [5.74, 6) is 0. The van der Waals surface area contributed by atoms with Gasteiger partial charge in [0.2, 0.25) is 0 Å². The van der Waals surface area contributed by atoms with E-state index in [1.54, 1.807) is 9.45 Å². The van der Waals surface area contributed by atoms with Crippen molar-refractivity contribution in [3.8, 4) is 0 Å². The molecule has 0 saturated carbocycles. The molecule has 0 radical (unpaired) electrons. The van der Waals surface area contributed by atoms with E-state index < -0.39 is 0 Å². The molecule has 0 aromatic rings. The molecular weight excluding hydrogens is 291 g/mol. The van der Waals surface area contributed by atoms with Gasteiger partial charge in [0.25, 0.3) is 0 Å². The van der Waals surface area contributed by atoms with E-state index in [4.69, 9.17) is 4.74 Å². The minimum atomic E-state index is 0. The molecule has 17 heavy (non-hydrogen) atoms. The summed E-state index contributed by atoms with van der Waals surface area (Å²) >= 11 is 2.24. The summed E-state index contributed by atoms with van der Waals surface area (Å²) in [6, 6.07) is 0. The van der Waals surface area contributed by atoms with E-state index in [2.05, 4.69) is 39.5 Å². The van der Waals surface area contributed by atoms with E-state index in [0.717, 1.165) is 13.2 Å². The van der Waals surface area contributed by atoms with Crippen LogP contribution < -0.4 is 24.8 Å². The molecule has 0 aromatic carbocycles. The van der Waals surface area contributed by atoms with Gasteiger partial charge in [-0.05, 0) is 12.8 Å². The summed E-state index contributed by atoms with van der Waals surface area (Å²) < 4.78 is 6.52. The number of ether oxygens (including phenoxy) is 1. The van der Waals surface area contributed by atoms with Crippen molar-refractivity contribution in [2.45, 2.75) is 45.4 Å². The second kappa shape index (κ2) is 13.2. The molecule has 1 aliphatic carbocycles. The van der Waals surface area contributed by atoms with E-state index in [1.165, 1.54) is 38.5 Å². The van der Waals surface area contributed by atoms with Crippen molar-refractivity contribution in [2.24, 2.45) is 0 Å². The van der Waals surface area contributed by atoms with Crippen LogP contribution >= 0.6 is 0 Å². The second-order valence-corrected chi connectivity index (χ2v) is 4.98. The molecule has 0 aromatic heterocycles. The molecule has 0 N–H and O–H groups in total. The van der Waals surface area contributed by atoms with E-state index in [0.29, 0.717) is 0 Å². The van der Waals surface area contributed by atoms with Crippen molar-refractivity contribution in [2.75, 3.05) is 13.2 Å². The van der Waals surface area contributed by atoms with Crippen molar-refractivity contribution < 1.29 is 50.0 Å². The van der Waals surface area contributed by atoms with Crippen molar-refractivity contribution >= 4 is 0 Å². The smallest absolute Gasteiger partial charge is 1.00 e. The molecule has 2 rings (SSSR count). The third-order valence-corrected chi connectivity index (χ3v) is 3.48. The summed E-state index contributed by atoms with van der Waals surface area (Å²) in [6.07, 6.45) is 12.2. The summed E-state index contributed by atoms with van der Waals surface area (Å²) in [5, 5.41) is 0. The Balaban J connectivity index is 0. The molecule has 0 amide bonds. The molecule has 1 fully saturated rings. The Kier molecular flexibility index (Phi) is 15.5. The number of rotatable bonds is 3. The van der Waals surface area contributed by atoms with Gasteiger partial charge >= 0.3 is 74.6 Å². The molecular formula is C13H21Cl2OTi. The van der Waals surface area contributed by atoms with Crippen LogP contribution in [0.3, 0.4) is 0 Å². The predicted octanol–water partition coefficient (Wildman–Crippen LogP) is -2.26. The van der Waals surface area contributed by atoms with Gasteiger partial charge in [0.1, 0.15) is 0 Å². The summed E-state index contributed by atoms with van der Waals surface area (Å²) in [7, 11) is 0. The van der Waals surface area contributed by atoms with E-state index in [-0.39, 0.29) is 24.8 Å². The molecule has 0 spiro atoms. The van der Waals surface area contributed by atoms with Crippen LogP contribution in [0.1, 0.15) is 45.4 Å². The molecule has 1 saturated heterocycles. The zero-order valence-corrected chi connectivity index (χ0v) is 13.5. The van der Waals surface area contributed by atoms with Crippen LogP contribution in [0.15, 0.2) is 21.6 Å². The van der Waals surface area contributed by atoms with Crippen LogP contribution in [0, 0.1) is 0 Å². The SMILES string of the molecule is C1CCOC1.CCCCC1=[C]([Ti+2])CC=C1.[Cl-].[Cl-]. The number of halogens is 2. The monoisotopic (exact) mass is 311 g/mol. The van der Waals surface area contributed by atoms with Gasteiger partial charge in [-0.25, -0.2) is 0 Å². The van der Waals surface area contributed by atoms with E-state index >= 15 is 0 Å². The van der Waals surface area contributed by atoms with Crippen LogP contribution in [0.25, 0.3) is 0 Å². The molecule has 0 unspecified atom stereocenters. The third-order valence-electron chi connectivity index (χ3n) is 2.66. The maximum absolute atomic E-state index is 4.94. The topological polar surface area (TPSA) is 9.23 Å². The Morgan fingerprint density at radius 2 is 1.88 bits per heavy atom. The van der Waals surface area contributed by atoms with Gasteiger partial charge in [0.15, 0.2) is 0 Å². The van der Waals surface area contributed by atoms with Gasteiger partial charge in [-0.2, -0.15) is 0 Å². The first-order chi connectivity index (χ1) is 7.34. The molecule has 2 aliphatic rings. The summed E-state index contributed by atoms with van der Waals surface area (Å²) in [6.45, 7) is 4.24. The minimum Gasteiger partial charge on any atom is -1.00 e. The van der Waals surface area contributed by atoms with E-state index in [9.17, 15) is 0 Å². The van der Waals surface area contributed by atoms with Gasteiger partial charge in [-0.3, -0.25) is 0 Å². The summed E-state index contributed by atoms with van der Waals surface area (Å²) in [4.78, 5) is 0. The number of hydrogen-bond donors (Lipinski definition) is 0. The Labute approximate surface area is 130 Å². The molecule has 0 bridgehead atoms. The average Bonchev–Trinajstić information content (AvgIpc) is 2.89. The molecule has 1 aliphatic heterocycles. The van der Waals surface area contributed by atoms with Crippen LogP contribution in [-0.2, 0) is 25.2 Å². The molecule has 1 heterocycles. The van der Waals surface area contributed by atoms with Crippen LogP contribution in [-0.4, -0.2) is 13.2 Å². The quantitative estimate of drug-likeness (QED) is 0.535. The van der Waals surface area contributed by atoms with Crippen molar-refractivity contribution in [3.63, 3.8) is 0 Å². The molecule has 0 atom stereocenters. The van der Waals surface area contributed by atoms with Crippen LogP contribution in [0.2, 0.25) is 0 Å². The van der Waals surface area contributed by atoms with Crippen molar-refractivity contribution in [1.82, 2.24) is 0 Å². The fourth-order valence-corrected chi connectivity index (χ4v) is 2.17. The maximum Gasteiger partial charge on any atom is -1.00 e. The molecule has 4 heteroatoms. The average molecular weight is 312 g/mol. The Morgan fingerprint density at radius 1 is 1.24 bits per heavy atom. The van der Waals surface area contributed by atoms with Crippen molar-refractivity contribution in [3.05, 3.63) is 21.6 Å². The third kappa shape index (κ3) is 9.33. The first-order valence-corrected chi connectivity index (χ1v) is 6.80. The zero-order chi connectivity index (χ0) is 10.9. The maximum atomic E-state index is 4.94. The first-order valence-electron chi connectivity index (χ1n) is 6.02. The largest absolute Gasteiger partial charge is 1.00 e. The van der Waals surface area contributed by atoms with Gasteiger partial charge < -0.3 is 29.6 Å². The minimum absolute atomic E-state index is 0. The van der Waals surface area contributed by atoms with Gasteiger partial charge in [0, 0.05) is 13.2 Å². The summed E-state index contributed by atoms with van der Waals surface area (Å²) in [5.41, 5.74) is 1.59. The number of allylic oxidation sites excluding steroid dienone is 4. The normalized spacial score (nSPS) is 17.1. The number of unbranched alkanes of at least 4 members (excludes halogenated alkanes) is 1. The molecule has 1 nitrogen and oxygen atoms in total. The van der Waals surface area contributed by atoms with Crippen LogP contribution in [0.5, 0.6) is 0 Å². The molecule has 97 valence electrons. The first kappa shape index (κ1) is 20.1. The fraction of sp³-hybridized carbons (Fsp3) is 0.692. The Morgan fingerprint density at radius 3 is 2.24 bits per heavy atom. The zero-order valence-electron chi connectivity index (χ0n) is 10.5. The number of hydrogen-bond acceptors (Lipinski definition) is 1. The van der Waals surface area contributed by atoms with Crippen molar-refractivity contribution in [1.29, 1.82) is 0 Å². The predicted molar refractivity (Wildman–Crippen MR) is 60.4 cm³/mol. The van der Waals surface area contributed by atoms with E-state index in [1.807, 2.05) is 0 Å². The fourth-order valence-electron chi connectivity index (χ4n) is 1.66. The van der Waals surface area contributed by atoms with Gasteiger partial charge in [-0.1, -0.05) is 0 Å². The van der Waals surface area contributed by atoms with Gasteiger partial charge in [-0.15, -0.1) is 0 Å².